The fraction of sp³-hybridized carbons (Fsp3) is 0.500. The number of aromatic nitrogens is 1. The Kier molecular flexibility index (Phi) is 8.72. The molecule has 1 aliphatic heterocycles. The minimum atomic E-state index is -0.107. The highest BCUT2D eigenvalue weighted by Gasteiger charge is 2.23. The molecule has 0 spiro atoms. The Balaban J connectivity index is 0.00000341. The van der Waals surface area contributed by atoms with Gasteiger partial charge < -0.3 is 24.7 Å². The molecule has 1 aliphatic rings. The number of fused-ring (bicyclic) bond motifs is 1. The summed E-state index contributed by atoms with van der Waals surface area (Å²) in [6, 6.07) is 7.98. The van der Waals surface area contributed by atoms with Gasteiger partial charge in [0.15, 0.2) is 5.96 Å². The molecule has 2 N–H and O–H groups in total. The summed E-state index contributed by atoms with van der Waals surface area (Å²) in [7, 11) is 3.43. The van der Waals surface area contributed by atoms with Crippen molar-refractivity contribution < 1.29 is 13.9 Å². The Hall–Kier alpha value is -2.30. The molecule has 2 aromatic rings. The molecule has 1 aromatic heterocycles. The van der Waals surface area contributed by atoms with Crippen LogP contribution < -0.4 is 15.4 Å². The van der Waals surface area contributed by atoms with Crippen molar-refractivity contribution in [3.8, 4) is 5.75 Å². The SMILES string of the molecule is CN(C)C(=O)CN=C(NCc1ncc(C(C)(C)C)o1)NC1CCOc2ccccc21.I. The normalized spacial score (nSPS) is 15.9. The number of guanidine groups is 1. The lowest BCUT2D eigenvalue weighted by molar-refractivity contribution is -0.127. The molecular weight excluding hydrogens is 509 g/mol. The molecule has 170 valence electrons. The number of hydrogen-bond acceptors (Lipinski definition) is 5. The number of nitrogens with zero attached hydrogens (tertiary/aromatic N) is 3. The van der Waals surface area contributed by atoms with E-state index in [-0.39, 0.29) is 47.9 Å². The maximum atomic E-state index is 12.0. The molecule has 1 amide bonds. The van der Waals surface area contributed by atoms with Gasteiger partial charge in [-0.3, -0.25) is 4.79 Å². The standard InChI is InChI=1S/C22H31N5O3.HI/c1-22(2,3)18-12-23-19(30-18)13-24-21(25-14-20(28)27(4)5)26-16-10-11-29-17-9-7-6-8-15(16)17;/h6-9,12,16H,10-11,13-14H2,1-5H3,(H2,24,25,26);1H. The topological polar surface area (TPSA) is 92.0 Å². The van der Waals surface area contributed by atoms with Crippen molar-refractivity contribution in [3.05, 3.63) is 47.7 Å². The molecule has 9 heteroatoms. The number of halogens is 1. The van der Waals surface area contributed by atoms with E-state index in [1.807, 2.05) is 24.3 Å². The first-order chi connectivity index (χ1) is 14.2. The van der Waals surface area contributed by atoms with Crippen molar-refractivity contribution >= 4 is 35.8 Å². The maximum absolute atomic E-state index is 12.0. The second-order valence-electron chi connectivity index (χ2n) is 8.55. The summed E-state index contributed by atoms with van der Waals surface area (Å²) in [5.74, 6) is 2.72. The molecule has 1 atom stereocenters. The predicted molar refractivity (Wildman–Crippen MR) is 131 cm³/mol. The van der Waals surface area contributed by atoms with Crippen LogP contribution in [0.25, 0.3) is 0 Å². The number of benzene rings is 1. The van der Waals surface area contributed by atoms with Crippen LogP contribution in [0.4, 0.5) is 0 Å². The molecular formula is C22H32IN5O3. The van der Waals surface area contributed by atoms with Crippen LogP contribution in [0, 0.1) is 0 Å². The molecule has 0 saturated heterocycles. The molecule has 1 unspecified atom stereocenters. The number of carbonyl (C=O) groups is 1. The molecule has 0 aliphatic carbocycles. The Labute approximate surface area is 200 Å². The van der Waals surface area contributed by atoms with Crippen molar-refractivity contribution in [2.24, 2.45) is 4.99 Å². The zero-order valence-electron chi connectivity index (χ0n) is 18.8. The molecule has 3 rings (SSSR count). The van der Waals surface area contributed by atoms with Gasteiger partial charge in [-0.15, -0.1) is 24.0 Å². The third-order valence-corrected chi connectivity index (χ3v) is 4.84. The van der Waals surface area contributed by atoms with Gasteiger partial charge in [-0.05, 0) is 6.07 Å². The number of likely N-dealkylation sites (N-methyl/N-ethyl adjacent to an activating group) is 1. The van der Waals surface area contributed by atoms with E-state index < -0.39 is 0 Å². The number of ether oxygens (including phenoxy) is 1. The zero-order chi connectivity index (χ0) is 21.7. The van der Waals surface area contributed by atoms with Gasteiger partial charge in [0, 0.05) is 31.5 Å². The quantitative estimate of drug-likeness (QED) is 0.343. The second-order valence-corrected chi connectivity index (χ2v) is 8.55. The van der Waals surface area contributed by atoms with Crippen molar-refractivity contribution in [1.82, 2.24) is 20.5 Å². The van der Waals surface area contributed by atoms with E-state index >= 15 is 0 Å². The lowest BCUT2D eigenvalue weighted by Gasteiger charge is -2.28. The average Bonchev–Trinajstić information content (AvgIpc) is 3.19. The summed E-state index contributed by atoms with van der Waals surface area (Å²) in [5, 5.41) is 6.68. The highest BCUT2D eigenvalue weighted by atomic mass is 127. The van der Waals surface area contributed by atoms with Gasteiger partial charge >= 0.3 is 0 Å². The zero-order valence-corrected chi connectivity index (χ0v) is 21.1. The van der Waals surface area contributed by atoms with Gasteiger partial charge in [0.1, 0.15) is 18.1 Å². The number of carbonyl (C=O) groups excluding carboxylic acids is 1. The number of oxazole rings is 1. The van der Waals surface area contributed by atoms with Gasteiger partial charge in [-0.2, -0.15) is 0 Å². The molecule has 0 radical (unpaired) electrons. The van der Waals surface area contributed by atoms with Crippen LogP contribution in [0.2, 0.25) is 0 Å². The van der Waals surface area contributed by atoms with E-state index in [9.17, 15) is 4.79 Å². The number of rotatable bonds is 5. The molecule has 1 aromatic carbocycles. The smallest absolute Gasteiger partial charge is 0.243 e. The Bertz CT molecular complexity index is 905. The second kappa shape index (κ2) is 10.8. The lowest BCUT2D eigenvalue weighted by Crippen LogP contribution is -2.41. The first-order valence-electron chi connectivity index (χ1n) is 10.2. The Morgan fingerprint density at radius 1 is 1.29 bits per heavy atom. The first-order valence-corrected chi connectivity index (χ1v) is 10.2. The van der Waals surface area contributed by atoms with Gasteiger partial charge in [0.05, 0.1) is 25.4 Å². The number of aliphatic imine (C=N–C) groups is 1. The van der Waals surface area contributed by atoms with Crippen molar-refractivity contribution in [2.45, 2.75) is 45.2 Å². The number of hydrogen-bond donors (Lipinski definition) is 2. The van der Waals surface area contributed by atoms with E-state index in [2.05, 4.69) is 41.4 Å². The van der Waals surface area contributed by atoms with Crippen LogP contribution in [0.3, 0.4) is 0 Å². The summed E-state index contributed by atoms with van der Waals surface area (Å²) in [4.78, 5) is 22.4. The molecule has 8 nitrogen and oxygen atoms in total. The fourth-order valence-electron chi connectivity index (χ4n) is 3.00. The van der Waals surface area contributed by atoms with Crippen LogP contribution in [0.1, 0.15) is 50.4 Å². The van der Waals surface area contributed by atoms with E-state index in [1.165, 1.54) is 4.90 Å². The van der Waals surface area contributed by atoms with Gasteiger partial charge in [-0.25, -0.2) is 9.98 Å². The Morgan fingerprint density at radius 2 is 2.03 bits per heavy atom. The summed E-state index contributed by atoms with van der Waals surface area (Å²) >= 11 is 0. The average molecular weight is 541 g/mol. The van der Waals surface area contributed by atoms with Crippen LogP contribution in [-0.4, -0.2) is 49.0 Å². The van der Waals surface area contributed by atoms with E-state index in [0.29, 0.717) is 25.0 Å². The van der Waals surface area contributed by atoms with E-state index in [1.54, 1.807) is 20.3 Å². The third-order valence-electron chi connectivity index (χ3n) is 4.84. The van der Waals surface area contributed by atoms with Gasteiger partial charge in [0.25, 0.3) is 0 Å². The third kappa shape index (κ3) is 6.84. The van der Waals surface area contributed by atoms with Crippen LogP contribution in [0.15, 0.2) is 39.9 Å². The summed E-state index contributed by atoms with van der Waals surface area (Å²) < 4.78 is 11.6. The molecule has 31 heavy (non-hydrogen) atoms. The summed E-state index contributed by atoms with van der Waals surface area (Å²) in [6.07, 6.45) is 2.55. The van der Waals surface area contributed by atoms with Crippen LogP contribution >= 0.6 is 24.0 Å². The van der Waals surface area contributed by atoms with Crippen LogP contribution in [-0.2, 0) is 16.8 Å². The summed E-state index contributed by atoms with van der Waals surface area (Å²) in [5.41, 5.74) is 0.966. The number of amides is 1. The van der Waals surface area contributed by atoms with Crippen molar-refractivity contribution in [3.63, 3.8) is 0 Å². The van der Waals surface area contributed by atoms with Gasteiger partial charge in [0.2, 0.25) is 11.8 Å². The van der Waals surface area contributed by atoms with Crippen LogP contribution in [0.5, 0.6) is 5.75 Å². The molecule has 0 saturated carbocycles. The monoisotopic (exact) mass is 541 g/mol. The molecule has 0 fully saturated rings. The largest absolute Gasteiger partial charge is 0.493 e. The molecule has 2 heterocycles. The van der Waals surface area contributed by atoms with E-state index in [4.69, 9.17) is 9.15 Å². The maximum Gasteiger partial charge on any atom is 0.243 e. The summed E-state index contributed by atoms with van der Waals surface area (Å²) in [6.45, 7) is 7.26. The first kappa shape index (κ1) is 25.0. The van der Waals surface area contributed by atoms with E-state index in [0.717, 1.165) is 23.5 Å². The highest BCUT2D eigenvalue weighted by Crippen LogP contribution is 2.31. The van der Waals surface area contributed by atoms with Crippen molar-refractivity contribution in [1.29, 1.82) is 0 Å². The predicted octanol–water partition coefficient (Wildman–Crippen LogP) is 3.24. The fourth-order valence-corrected chi connectivity index (χ4v) is 3.00. The highest BCUT2D eigenvalue weighted by molar-refractivity contribution is 14.0. The van der Waals surface area contributed by atoms with Crippen molar-refractivity contribution in [2.75, 3.05) is 27.2 Å². The molecule has 0 bridgehead atoms. The Morgan fingerprint density at radius 3 is 2.71 bits per heavy atom. The minimum absolute atomic E-state index is 0. The number of nitrogens with one attached hydrogen (secondary N) is 2. The lowest BCUT2D eigenvalue weighted by atomic mass is 9.94. The minimum Gasteiger partial charge on any atom is -0.493 e. The van der Waals surface area contributed by atoms with Gasteiger partial charge in [-0.1, -0.05) is 39.0 Å². The number of para-hydroxylation sites is 1.